The summed E-state index contributed by atoms with van der Waals surface area (Å²) < 4.78 is 5.27. The second-order valence-corrected chi connectivity index (χ2v) is 4.76. The molecule has 0 unspecified atom stereocenters. The van der Waals surface area contributed by atoms with Gasteiger partial charge in [0.25, 0.3) is 11.6 Å². The molecule has 0 atom stereocenters. The van der Waals surface area contributed by atoms with E-state index in [4.69, 9.17) is 22.1 Å². The van der Waals surface area contributed by atoms with Gasteiger partial charge < -0.3 is 15.8 Å². The Morgan fingerprint density at radius 1 is 1.27 bits per heavy atom. The van der Waals surface area contributed by atoms with Crippen LogP contribution in [0.4, 0.5) is 17.1 Å². The van der Waals surface area contributed by atoms with Crippen molar-refractivity contribution in [3.8, 4) is 5.75 Å². The molecule has 0 radical (unpaired) electrons. The summed E-state index contributed by atoms with van der Waals surface area (Å²) in [6, 6.07) is 10.6. The maximum absolute atomic E-state index is 11.8. The van der Waals surface area contributed by atoms with Crippen molar-refractivity contribution in [3.63, 3.8) is 0 Å². The zero-order valence-electron chi connectivity index (χ0n) is 11.3. The number of ether oxygens (including phenoxy) is 1. The third-order valence-electron chi connectivity index (χ3n) is 2.69. The van der Waals surface area contributed by atoms with Gasteiger partial charge in [0.05, 0.1) is 4.92 Å². The Labute approximate surface area is 130 Å². The van der Waals surface area contributed by atoms with E-state index in [0.29, 0.717) is 10.8 Å². The van der Waals surface area contributed by atoms with Gasteiger partial charge in [-0.2, -0.15) is 0 Å². The van der Waals surface area contributed by atoms with Gasteiger partial charge in [0.1, 0.15) is 11.4 Å². The van der Waals surface area contributed by atoms with E-state index in [1.54, 1.807) is 24.3 Å². The van der Waals surface area contributed by atoms with E-state index in [2.05, 4.69) is 5.32 Å². The molecule has 8 heteroatoms. The number of benzene rings is 2. The van der Waals surface area contributed by atoms with Crippen LogP contribution < -0.4 is 15.8 Å². The Kier molecular flexibility index (Phi) is 4.80. The number of halogens is 1. The van der Waals surface area contributed by atoms with Crippen LogP contribution in [0.5, 0.6) is 5.75 Å². The van der Waals surface area contributed by atoms with Gasteiger partial charge in [-0.1, -0.05) is 11.6 Å². The number of nitrogens with one attached hydrogen (secondary N) is 1. The Balaban J connectivity index is 1.96. The largest absolute Gasteiger partial charge is 0.484 e. The fraction of sp³-hybridized carbons (Fsp3) is 0.0714. The zero-order valence-corrected chi connectivity index (χ0v) is 12.0. The number of nitro groups is 1. The third-order valence-corrected chi connectivity index (χ3v) is 2.95. The van der Waals surface area contributed by atoms with Gasteiger partial charge in [-0.05, 0) is 36.4 Å². The average molecular weight is 322 g/mol. The summed E-state index contributed by atoms with van der Waals surface area (Å²) in [5.74, 6) is 0.0388. The van der Waals surface area contributed by atoms with Crippen LogP contribution in [0.15, 0.2) is 42.5 Å². The predicted octanol–water partition coefficient (Wildman–Crippen LogP) is 2.85. The molecule has 7 nitrogen and oxygen atoms in total. The topological polar surface area (TPSA) is 107 Å². The van der Waals surface area contributed by atoms with Gasteiger partial charge in [-0.3, -0.25) is 14.9 Å². The maximum Gasteiger partial charge on any atom is 0.294 e. The van der Waals surface area contributed by atoms with E-state index in [9.17, 15) is 14.9 Å². The first-order valence-electron chi connectivity index (χ1n) is 6.18. The summed E-state index contributed by atoms with van der Waals surface area (Å²) in [4.78, 5) is 21.9. The van der Waals surface area contributed by atoms with E-state index in [1.165, 1.54) is 18.2 Å². The number of carbonyl (C=O) groups is 1. The standard InChI is InChI=1S/C14H12ClN3O4/c15-9-1-4-11(5-2-9)22-8-14(19)17-10-3-6-12(16)13(7-10)18(20)21/h1-7H,8,16H2,(H,17,19). The van der Waals surface area contributed by atoms with Crippen molar-refractivity contribution in [1.82, 2.24) is 0 Å². The maximum atomic E-state index is 11.8. The van der Waals surface area contributed by atoms with Crippen molar-refractivity contribution >= 4 is 34.6 Å². The number of anilines is 2. The first kappa shape index (κ1) is 15.6. The lowest BCUT2D eigenvalue weighted by Gasteiger charge is -2.08. The summed E-state index contributed by atoms with van der Waals surface area (Å²) in [5, 5.41) is 13.8. The van der Waals surface area contributed by atoms with E-state index in [1.807, 2.05) is 0 Å². The van der Waals surface area contributed by atoms with Gasteiger partial charge in [0.15, 0.2) is 6.61 Å². The number of hydrogen-bond acceptors (Lipinski definition) is 5. The summed E-state index contributed by atoms with van der Waals surface area (Å²) in [6.45, 7) is -0.236. The van der Waals surface area contributed by atoms with Crippen LogP contribution in [0.2, 0.25) is 5.02 Å². The number of nitrogen functional groups attached to an aromatic ring is 1. The molecule has 3 N–H and O–H groups in total. The second kappa shape index (κ2) is 6.77. The Morgan fingerprint density at radius 3 is 2.59 bits per heavy atom. The molecule has 0 saturated carbocycles. The molecule has 0 bridgehead atoms. The molecule has 22 heavy (non-hydrogen) atoms. The molecule has 0 aliphatic rings. The van der Waals surface area contributed by atoms with Crippen LogP contribution in [-0.4, -0.2) is 17.4 Å². The Bertz CT molecular complexity index is 704. The van der Waals surface area contributed by atoms with Crippen LogP contribution in [0, 0.1) is 10.1 Å². The molecule has 0 aliphatic heterocycles. The molecule has 1 amide bonds. The molecular formula is C14H12ClN3O4. The second-order valence-electron chi connectivity index (χ2n) is 4.32. The molecule has 2 aromatic rings. The average Bonchev–Trinajstić information content (AvgIpc) is 2.48. The molecule has 0 fully saturated rings. The van der Waals surface area contributed by atoms with Crippen LogP contribution in [0.3, 0.4) is 0 Å². The minimum Gasteiger partial charge on any atom is -0.484 e. The van der Waals surface area contributed by atoms with Crippen molar-refractivity contribution in [3.05, 3.63) is 57.6 Å². The van der Waals surface area contributed by atoms with Crippen molar-refractivity contribution in [2.45, 2.75) is 0 Å². The molecule has 0 aliphatic carbocycles. The fourth-order valence-electron chi connectivity index (χ4n) is 1.66. The molecule has 114 valence electrons. The van der Waals surface area contributed by atoms with Gasteiger partial charge in [-0.25, -0.2) is 0 Å². The summed E-state index contributed by atoms with van der Waals surface area (Å²) in [6.07, 6.45) is 0. The van der Waals surface area contributed by atoms with Crippen molar-refractivity contribution in [1.29, 1.82) is 0 Å². The van der Waals surface area contributed by atoms with Gasteiger partial charge >= 0.3 is 0 Å². The smallest absolute Gasteiger partial charge is 0.294 e. The van der Waals surface area contributed by atoms with Crippen molar-refractivity contribution in [2.24, 2.45) is 0 Å². The quantitative estimate of drug-likeness (QED) is 0.500. The minimum atomic E-state index is -0.616. The highest BCUT2D eigenvalue weighted by Gasteiger charge is 2.13. The highest BCUT2D eigenvalue weighted by atomic mass is 35.5. The van der Waals surface area contributed by atoms with Crippen molar-refractivity contribution < 1.29 is 14.5 Å². The predicted molar refractivity (Wildman–Crippen MR) is 83.1 cm³/mol. The first-order chi connectivity index (χ1) is 10.5. The third kappa shape index (κ3) is 4.10. The van der Waals surface area contributed by atoms with Crippen LogP contribution in [0.1, 0.15) is 0 Å². The number of hydrogen-bond donors (Lipinski definition) is 2. The van der Waals surface area contributed by atoms with Crippen LogP contribution in [-0.2, 0) is 4.79 Å². The van der Waals surface area contributed by atoms with Gasteiger partial charge in [-0.15, -0.1) is 0 Å². The van der Waals surface area contributed by atoms with Crippen LogP contribution in [0.25, 0.3) is 0 Å². The fourth-order valence-corrected chi connectivity index (χ4v) is 1.78. The van der Waals surface area contributed by atoms with E-state index in [-0.39, 0.29) is 23.7 Å². The van der Waals surface area contributed by atoms with Gasteiger partial charge in [0.2, 0.25) is 0 Å². The lowest BCUT2D eigenvalue weighted by molar-refractivity contribution is -0.383. The number of carbonyl (C=O) groups excluding carboxylic acids is 1. The lowest BCUT2D eigenvalue weighted by atomic mass is 10.2. The summed E-state index contributed by atoms with van der Waals surface area (Å²) in [5.41, 5.74) is 5.51. The van der Waals surface area contributed by atoms with Crippen molar-refractivity contribution in [2.75, 3.05) is 17.7 Å². The first-order valence-corrected chi connectivity index (χ1v) is 6.55. The molecule has 0 aromatic heterocycles. The number of nitro benzene ring substituents is 1. The SMILES string of the molecule is Nc1ccc(NC(=O)COc2ccc(Cl)cc2)cc1[N+](=O)[O-]. The number of amides is 1. The molecule has 0 heterocycles. The summed E-state index contributed by atoms with van der Waals surface area (Å²) >= 11 is 5.73. The molecule has 2 aromatic carbocycles. The lowest BCUT2D eigenvalue weighted by Crippen LogP contribution is -2.20. The highest BCUT2D eigenvalue weighted by molar-refractivity contribution is 6.30. The minimum absolute atomic E-state index is 0.0282. The normalized spacial score (nSPS) is 10.0. The van der Waals surface area contributed by atoms with E-state index < -0.39 is 10.8 Å². The monoisotopic (exact) mass is 321 g/mol. The van der Waals surface area contributed by atoms with Crippen LogP contribution >= 0.6 is 11.6 Å². The van der Waals surface area contributed by atoms with E-state index >= 15 is 0 Å². The number of rotatable bonds is 5. The Hall–Kier alpha value is -2.80. The summed E-state index contributed by atoms with van der Waals surface area (Å²) in [7, 11) is 0. The van der Waals surface area contributed by atoms with E-state index in [0.717, 1.165) is 0 Å². The molecular weight excluding hydrogens is 310 g/mol. The number of nitrogens with zero attached hydrogens (tertiary/aromatic N) is 1. The molecule has 2 rings (SSSR count). The Morgan fingerprint density at radius 2 is 1.95 bits per heavy atom. The highest BCUT2D eigenvalue weighted by Crippen LogP contribution is 2.25. The zero-order chi connectivity index (χ0) is 16.1. The molecule has 0 spiro atoms. The van der Waals surface area contributed by atoms with Gasteiger partial charge in [0, 0.05) is 16.8 Å². The molecule has 0 saturated heterocycles. The number of nitrogens with two attached hydrogens (primary N) is 1.